The molecule has 0 aliphatic carbocycles. The fraction of sp³-hybridized carbons (Fsp3) is 0.800. The van der Waals surface area contributed by atoms with E-state index in [0.29, 0.717) is 13.1 Å². The van der Waals surface area contributed by atoms with Crippen molar-refractivity contribution < 1.29 is 8.42 Å². The Morgan fingerprint density at radius 3 is 2.41 bits per heavy atom. The highest BCUT2D eigenvalue weighted by Gasteiger charge is 2.26. The Morgan fingerprint density at radius 2 is 1.86 bits per heavy atom. The predicted octanol–water partition coefficient (Wildman–Crippen LogP) is 1.46. The van der Waals surface area contributed by atoms with Crippen molar-refractivity contribution in [3.8, 4) is 0 Å². The van der Waals surface area contributed by atoms with Crippen molar-refractivity contribution in [1.29, 1.82) is 0 Å². The monoisotopic (exact) mass is 328 g/mol. The number of unbranched alkanes of at least 4 members (excludes halogenated alkanes) is 1. The summed E-state index contributed by atoms with van der Waals surface area (Å²) < 4.78 is 28.1. The molecule has 1 saturated heterocycles. The van der Waals surface area contributed by atoms with Gasteiger partial charge in [0, 0.05) is 50.5 Å². The zero-order chi connectivity index (χ0) is 16.2. The number of nitrogens with zero attached hydrogens (tertiary/aromatic N) is 4. The van der Waals surface area contributed by atoms with Crippen molar-refractivity contribution >= 4 is 10.0 Å². The fourth-order valence-corrected chi connectivity index (χ4v) is 4.45. The summed E-state index contributed by atoms with van der Waals surface area (Å²) in [6, 6.07) is 0. The lowest BCUT2D eigenvalue weighted by Crippen LogP contribution is -2.48. The van der Waals surface area contributed by atoms with Gasteiger partial charge in [0.1, 0.15) is 0 Å². The molecule has 1 aliphatic heterocycles. The van der Waals surface area contributed by atoms with Crippen LogP contribution in [0.2, 0.25) is 0 Å². The van der Waals surface area contributed by atoms with E-state index in [1.807, 2.05) is 17.8 Å². The molecule has 1 aliphatic rings. The van der Waals surface area contributed by atoms with E-state index >= 15 is 0 Å². The summed E-state index contributed by atoms with van der Waals surface area (Å²) in [5, 5.41) is 4.37. The molecule has 2 heterocycles. The van der Waals surface area contributed by atoms with E-state index in [-0.39, 0.29) is 5.75 Å². The van der Waals surface area contributed by atoms with Gasteiger partial charge < -0.3 is 0 Å². The lowest BCUT2D eigenvalue weighted by atomic mass is 10.2. The van der Waals surface area contributed by atoms with Gasteiger partial charge in [-0.2, -0.15) is 9.40 Å². The van der Waals surface area contributed by atoms with Gasteiger partial charge in [0.2, 0.25) is 10.0 Å². The van der Waals surface area contributed by atoms with Crippen LogP contribution >= 0.6 is 0 Å². The minimum Gasteiger partial charge on any atom is -0.296 e. The van der Waals surface area contributed by atoms with Crippen LogP contribution in [-0.4, -0.2) is 59.3 Å². The smallest absolute Gasteiger partial charge is 0.214 e. The summed E-state index contributed by atoms with van der Waals surface area (Å²) >= 11 is 0. The quantitative estimate of drug-likeness (QED) is 0.760. The van der Waals surface area contributed by atoms with E-state index in [1.54, 1.807) is 4.31 Å². The maximum absolute atomic E-state index is 12.2. The first-order valence-electron chi connectivity index (χ1n) is 8.19. The highest BCUT2D eigenvalue weighted by Crippen LogP contribution is 2.14. The van der Waals surface area contributed by atoms with Crippen LogP contribution in [-0.2, 0) is 23.1 Å². The molecule has 1 fully saturated rings. The van der Waals surface area contributed by atoms with Gasteiger partial charge in [0.05, 0.1) is 11.9 Å². The second-order valence-corrected chi connectivity index (χ2v) is 8.00. The number of hydrogen-bond acceptors (Lipinski definition) is 4. The number of rotatable bonds is 7. The van der Waals surface area contributed by atoms with E-state index in [2.05, 4.69) is 23.8 Å². The first-order valence-corrected chi connectivity index (χ1v) is 9.80. The zero-order valence-electron chi connectivity index (χ0n) is 14.0. The Labute approximate surface area is 134 Å². The van der Waals surface area contributed by atoms with Crippen LogP contribution in [0.4, 0.5) is 0 Å². The molecule has 0 unspecified atom stereocenters. The molecule has 0 bridgehead atoms. The summed E-state index contributed by atoms with van der Waals surface area (Å²) in [4.78, 5) is 2.32. The van der Waals surface area contributed by atoms with Gasteiger partial charge in [-0.3, -0.25) is 9.58 Å². The number of piperazine rings is 1. The van der Waals surface area contributed by atoms with Crippen molar-refractivity contribution in [1.82, 2.24) is 19.0 Å². The largest absolute Gasteiger partial charge is 0.296 e. The van der Waals surface area contributed by atoms with Crippen LogP contribution in [0.1, 0.15) is 37.9 Å². The van der Waals surface area contributed by atoms with E-state index in [0.717, 1.165) is 39.0 Å². The third kappa shape index (κ3) is 4.08. The predicted molar refractivity (Wildman–Crippen MR) is 88.2 cm³/mol. The molecule has 0 aromatic carbocycles. The molecule has 7 heteroatoms. The Bertz CT molecular complexity index is 574. The van der Waals surface area contributed by atoms with Crippen molar-refractivity contribution in [2.24, 2.45) is 0 Å². The lowest BCUT2D eigenvalue weighted by Gasteiger charge is -2.33. The molecular weight excluding hydrogens is 300 g/mol. The van der Waals surface area contributed by atoms with E-state index in [4.69, 9.17) is 0 Å². The zero-order valence-corrected chi connectivity index (χ0v) is 14.8. The lowest BCUT2D eigenvalue weighted by molar-refractivity contribution is 0.181. The highest BCUT2D eigenvalue weighted by molar-refractivity contribution is 7.89. The fourth-order valence-electron chi connectivity index (χ4n) is 2.82. The number of hydrogen-bond donors (Lipinski definition) is 0. The molecule has 0 spiro atoms. The van der Waals surface area contributed by atoms with E-state index < -0.39 is 10.0 Å². The molecule has 0 saturated carbocycles. The third-order valence-electron chi connectivity index (χ3n) is 4.38. The molecule has 0 atom stereocenters. The summed E-state index contributed by atoms with van der Waals surface area (Å²) in [6.45, 7) is 10.7. The Morgan fingerprint density at radius 1 is 1.18 bits per heavy atom. The van der Waals surface area contributed by atoms with Crippen molar-refractivity contribution in [3.63, 3.8) is 0 Å². The van der Waals surface area contributed by atoms with Gasteiger partial charge >= 0.3 is 0 Å². The average molecular weight is 328 g/mol. The number of aryl methyl sites for hydroxylation is 1. The molecule has 126 valence electrons. The molecule has 0 radical (unpaired) electrons. The number of aromatic nitrogens is 2. The molecule has 2 rings (SSSR count). The number of sulfonamides is 1. The summed E-state index contributed by atoms with van der Waals surface area (Å²) in [5.41, 5.74) is 2.45. The minimum atomic E-state index is -3.06. The van der Waals surface area contributed by atoms with Crippen molar-refractivity contribution in [2.45, 2.75) is 46.7 Å². The molecule has 0 N–H and O–H groups in total. The third-order valence-corrected chi connectivity index (χ3v) is 6.34. The molecule has 6 nitrogen and oxygen atoms in total. The SMILES string of the molecule is CCCCS(=O)(=O)N1CCN(Cc2cnn(CC)c2C)CC1. The van der Waals surface area contributed by atoms with Gasteiger partial charge in [0.15, 0.2) is 0 Å². The van der Waals surface area contributed by atoms with E-state index in [1.165, 1.54) is 11.3 Å². The topological polar surface area (TPSA) is 58.4 Å². The van der Waals surface area contributed by atoms with Crippen molar-refractivity contribution in [2.75, 3.05) is 31.9 Å². The van der Waals surface area contributed by atoms with Crippen LogP contribution in [0.25, 0.3) is 0 Å². The normalized spacial score (nSPS) is 18.0. The first kappa shape index (κ1) is 17.4. The standard InChI is InChI=1S/C15H28N4O2S/c1-4-6-11-22(20,21)18-9-7-17(8-10-18)13-15-12-16-19(5-2)14(15)3/h12H,4-11,13H2,1-3H3. The van der Waals surface area contributed by atoms with Gasteiger partial charge in [-0.1, -0.05) is 13.3 Å². The maximum atomic E-state index is 12.2. The van der Waals surface area contributed by atoms with Crippen LogP contribution in [0.15, 0.2) is 6.20 Å². The van der Waals surface area contributed by atoms with Crippen LogP contribution < -0.4 is 0 Å². The highest BCUT2D eigenvalue weighted by atomic mass is 32.2. The van der Waals surface area contributed by atoms with Gasteiger partial charge in [0.25, 0.3) is 0 Å². The molecule has 1 aromatic rings. The maximum Gasteiger partial charge on any atom is 0.214 e. The Kier molecular flexibility index (Phi) is 6.00. The second-order valence-electron chi connectivity index (χ2n) is 5.92. The Balaban J connectivity index is 1.88. The summed E-state index contributed by atoms with van der Waals surface area (Å²) in [7, 11) is -3.06. The molecular formula is C15H28N4O2S. The van der Waals surface area contributed by atoms with Gasteiger partial charge in [-0.05, 0) is 20.3 Å². The Hall–Kier alpha value is -0.920. The van der Waals surface area contributed by atoms with Gasteiger partial charge in [-0.15, -0.1) is 0 Å². The van der Waals surface area contributed by atoms with Gasteiger partial charge in [-0.25, -0.2) is 8.42 Å². The summed E-state index contributed by atoms with van der Waals surface area (Å²) in [5.74, 6) is 0.284. The van der Waals surface area contributed by atoms with E-state index in [9.17, 15) is 8.42 Å². The molecule has 0 amide bonds. The molecule has 22 heavy (non-hydrogen) atoms. The minimum absolute atomic E-state index is 0.284. The molecule has 1 aromatic heterocycles. The average Bonchev–Trinajstić information content (AvgIpc) is 2.86. The van der Waals surface area contributed by atoms with Crippen LogP contribution in [0, 0.1) is 6.92 Å². The summed E-state index contributed by atoms with van der Waals surface area (Å²) in [6.07, 6.45) is 3.60. The second kappa shape index (κ2) is 7.57. The van der Waals surface area contributed by atoms with Crippen LogP contribution in [0.5, 0.6) is 0 Å². The first-order chi connectivity index (χ1) is 10.5. The van der Waals surface area contributed by atoms with Crippen molar-refractivity contribution in [3.05, 3.63) is 17.5 Å². The van der Waals surface area contributed by atoms with Crippen LogP contribution in [0.3, 0.4) is 0 Å².